The van der Waals surface area contributed by atoms with Gasteiger partial charge in [-0.3, -0.25) is 10.1 Å². The second-order valence-electron chi connectivity index (χ2n) is 5.35. The van der Waals surface area contributed by atoms with Gasteiger partial charge in [0.15, 0.2) is 0 Å². The van der Waals surface area contributed by atoms with Crippen molar-refractivity contribution in [1.82, 2.24) is 10.3 Å². The van der Waals surface area contributed by atoms with Crippen LogP contribution in [-0.4, -0.2) is 28.1 Å². The van der Waals surface area contributed by atoms with E-state index in [-0.39, 0.29) is 17.4 Å². The molecule has 0 aliphatic carbocycles. The molecule has 22 heavy (non-hydrogen) atoms. The van der Waals surface area contributed by atoms with E-state index in [9.17, 15) is 14.9 Å². The fourth-order valence-corrected chi connectivity index (χ4v) is 1.64. The van der Waals surface area contributed by atoms with Crippen molar-refractivity contribution in [2.45, 2.75) is 33.3 Å². The third kappa shape index (κ3) is 5.58. The van der Waals surface area contributed by atoms with Crippen LogP contribution in [0.4, 0.5) is 10.5 Å². The quantitative estimate of drug-likeness (QED) is 0.390. The minimum Gasteiger partial charge on any atom is -0.444 e. The number of nitro groups is 1. The van der Waals surface area contributed by atoms with E-state index in [1.807, 2.05) is 0 Å². The first-order valence-corrected chi connectivity index (χ1v) is 6.75. The maximum atomic E-state index is 11.4. The fraction of sp³-hybridized carbons (Fsp3) is 0.429. The Morgan fingerprint density at radius 1 is 1.55 bits per heavy atom. The van der Waals surface area contributed by atoms with E-state index in [0.29, 0.717) is 11.3 Å². The Hall–Kier alpha value is -2.33. The van der Waals surface area contributed by atoms with Crippen LogP contribution in [-0.2, 0) is 4.74 Å². The van der Waals surface area contributed by atoms with Crippen molar-refractivity contribution in [1.29, 1.82) is 0 Å². The summed E-state index contributed by atoms with van der Waals surface area (Å²) in [6, 6.07) is 1.26. The highest BCUT2D eigenvalue weighted by Crippen LogP contribution is 2.24. The Labute approximate surface area is 133 Å². The number of rotatable bonds is 2. The molecule has 7 nitrogen and oxygen atoms in total. The van der Waals surface area contributed by atoms with Gasteiger partial charge in [-0.25, -0.2) is 9.78 Å². The highest BCUT2D eigenvalue weighted by Gasteiger charge is 2.16. The maximum Gasteiger partial charge on any atom is 0.408 e. The highest BCUT2D eigenvalue weighted by molar-refractivity contribution is 6.31. The average Bonchev–Trinajstić information content (AvgIpc) is 2.33. The lowest BCUT2D eigenvalue weighted by Crippen LogP contribution is -2.32. The molecule has 0 atom stereocenters. The summed E-state index contributed by atoms with van der Waals surface area (Å²) in [7, 11) is 0. The molecule has 1 heterocycles. The number of carbonyl (C=O) groups excluding carboxylic acids is 1. The summed E-state index contributed by atoms with van der Waals surface area (Å²) < 4.78 is 5.04. The summed E-state index contributed by atoms with van der Waals surface area (Å²) in [5, 5.41) is 13.1. The Morgan fingerprint density at radius 2 is 2.18 bits per heavy atom. The molecule has 1 rings (SSSR count). The molecular formula is C14H16ClN3O4. The van der Waals surface area contributed by atoms with Gasteiger partial charge in [-0.1, -0.05) is 23.4 Å². The van der Waals surface area contributed by atoms with Crippen LogP contribution < -0.4 is 5.32 Å². The molecule has 0 saturated heterocycles. The molecule has 0 aromatic carbocycles. The summed E-state index contributed by atoms with van der Waals surface area (Å²) in [5.41, 5.74) is -0.0476. The molecular weight excluding hydrogens is 310 g/mol. The summed E-state index contributed by atoms with van der Waals surface area (Å²) >= 11 is 5.69. The highest BCUT2D eigenvalue weighted by atomic mass is 35.5. The Balaban J connectivity index is 2.75. The second kappa shape index (κ2) is 7.09. The molecule has 118 valence electrons. The topological polar surface area (TPSA) is 94.4 Å². The predicted octanol–water partition coefficient (Wildman–Crippen LogP) is 2.83. The minimum atomic E-state index is -0.626. The molecule has 8 heteroatoms. The van der Waals surface area contributed by atoms with Crippen molar-refractivity contribution in [3.63, 3.8) is 0 Å². The zero-order valence-corrected chi connectivity index (χ0v) is 13.4. The first-order valence-electron chi connectivity index (χ1n) is 6.37. The van der Waals surface area contributed by atoms with E-state index in [2.05, 4.69) is 22.1 Å². The van der Waals surface area contributed by atoms with Crippen molar-refractivity contribution in [2.24, 2.45) is 0 Å². The SMILES string of the molecule is Cc1nc(Cl)c([N+](=O)[O-])cc1C#CCNC(=O)OC(C)(C)C. The van der Waals surface area contributed by atoms with Crippen LogP contribution in [0.3, 0.4) is 0 Å². The number of hydrogen-bond donors (Lipinski definition) is 1. The van der Waals surface area contributed by atoms with Gasteiger partial charge in [-0.2, -0.15) is 0 Å². The van der Waals surface area contributed by atoms with Crippen LogP contribution in [0.2, 0.25) is 5.15 Å². The molecule has 0 aliphatic heterocycles. The fourth-order valence-electron chi connectivity index (χ4n) is 1.39. The summed E-state index contributed by atoms with van der Waals surface area (Å²) in [6.07, 6.45) is -0.585. The van der Waals surface area contributed by atoms with Crippen LogP contribution in [0.25, 0.3) is 0 Å². The van der Waals surface area contributed by atoms with E-state index < -0.39 is 16.6 Å². The lowest BCUT2D eigenvalue weighted by atomic mass is 10.2. The first kappa shape index (κ1) is 17.7. The van der Waals surface area contributed by atoms with Gasteiger partial charge >= 0.3 is 11.8 Å². The van der Waals surface area contributed by atoms with Gasteiger partial charge in [0.1, 0.15) is 5.60 Å². The van der Waals surface area contributed by atoms with E-state index in [4.69, 9.17) is 16.3 Å². The van der Waals surface area contributed by atoms with Crippen molar-refractivity contribution < 1.29 is 14.5 Å². The normalized spacial score (nSPS) is 10.4. The number of pyridine rings is 1. The Morgan fingerprint density at radius 3 is 2.73 bits per heavy atom. The van der Waals surface area contributed by atoms with Gasteiger partial charge < -0.3 is 10.1 Å². The van der Waals surface area contributed by atoms with Crippen molar-refractivity contribution in [3.8, 4) is 11.8 Å². The van der Waals surface area contributed by atoms with Gasteiger partial charge in [0.05, 0.1) is 22.7 Å². The largest absolute Gasteiger partial charge is 0.444 e. The number of aromatic nitrogens is 1. The standard InChI is InChI=1S/C14H16ClN3O4/c1-9-10(8-11(18(20)21)12(15)17-9)6-5-7-16-13(19)22-14(2,3)4/h8H,7H2,1-4H3,(H,16,19). The van der Waals surface area contributed by atoms with Crippen LogP contribution in [0.1, 0.15) is 32.0 Å². The van der Waals surface area contributed by atoms with E-state index in [0.717, 1.165) is 0 Å². The van der Waals surface area contributed by atoms with E-state index in [1.165, 1.54) is 6.07 Å². The molecule has 1 amide bonds. The van der Waals surface area contributed by atoms with E-state index in [1.54, 1.807) is 27.7 Å². The van der Waals surface area contributed by atoms with Gasteiger partial charge in [0.25, 0.3) is 0 Å². The van der Waals surface area contributed by atoms with Crippen molar-refractivity contribution in [2.75, 3.05) is 6.54 Å². The Kier molecular flexibility index (Phi) is 5.71. The predicted molar refractivity (Wildman–Crippen MR) is 81.8 cm³/mol. The van der Waals surface area contributed by atoms with Crippen LogP contribution in [0.15, 0.2) is 6.07 Å². The monoisotopic (exact) mass is 325 g/mol. The van der Waals surface area contributed by atoms with Crippen LogP contribution in [0.5, 0.6) is 0 Å². The number of ether oxygens (including phenoxy) is 1. The number of halogens is 1. The molecule has 1 N–H and O–H groups in total. The molecule has 0 spiro atoms. The average molecular weight is 326 g/mol. The summed E-state index contributed by atoms with van der Waals surface area (Å²) in [4.78, 5) is 25.4. The number of alkyl carbamates (subject to hydrolysis) is 1. The molecule has 1 aromatic heterocycles. The summed E-state index contributed by atoms with van der Waals surface area (Å²) in [6.45, 7) is 6.94. The number of hydrogen-bond acceptors (Lipinski definition) is 5. The number of carbonyl (C=O) groups is 1. The molecule has 0 aliphatic rings. The lowest BCUT2D eigenvalue weighted by molar-refractivity contribution is -0.385. The number of amides is 1. The minimum absolute atomic E-state index is 0.0464. The zero-order valence-electron chi connectivity index (χ0n) is 12.7. The van der Waals surface area contributed by atoms with Crippen LogP contribution in [0, 0.1) is 28.9 Å². The first-order chi connectivity index (χ1) is 10.1. The molecule has 0 radical (unpaired) electrons. The Bertz CT molecular complexity index is 657. The summed E-state index contributed by atoms with van der Waals surface area (Å²) in [5.74, 6) is 5.38. The van der Waals surface area contributed by atoms with Gasteiger partial charge in [0.2, 0.25) is 5.15 Å². The van der Waals surface area contributed by atoms with Gasteiger partial charge in [-0.15, -0.1) is 0 Å². The number of nitrogens with zero attached hydrogens (tertiary/aromatic N) is 2. The van der Waals surface area contributed by atoms with E-state index >= 15 is 0 Å². The number of nitrogens with one attached hydrogen (secondary N) is 1. The number of aryl methyl sites for hydroxylation is 1. The lowest BCUT2D eigenvalue weighted by Gasteiger charge is -2.19. The van der Waals surface area contributed by atoms with Crippen molar-refractivity contribution >= 4 is 23.4 Å². The van der Waals surface area contributed by atoms with Gasteiger partial charge in [0, 0.05) is 6.07 Å². The third-order valence-electron chi connectivity index (χ3n) is 2.29. The molecule has 1 aromatic rings. The second-order valence-corrected chi connectivity index (χ2v) is 5.70. The maximum absolute atomic E-state index is 11.4. The van der Waals surface area contributed by atoms with Crippen LogP contribution >= 0.6 is 11.6 Å². The molecule has 0 fully saturated rings. The third-order valence-corrected chi connectivity index (χ3v) is 2.57. The molecule has 0 bridgehead atoms. The van der Waals surface area contributed by atoms with Gasteiger partial charge in [-0.05, 0) is 27.7 Å². The smallest absolute Gasteiger partial charge is 0.408 e. The zero-order chi connectivity index (χ0) is 16.9. The van der Waals surface area contributed by atoms with Crippen molar-refractivity contribution in [3.05, 3.63) is 32.6 Å². The molecule has 0 saturated carbocycles. The molecule has 0 unspecified atom stereocenters.